The molecule has 0 amide bonds. The monoisotopic (exact) mass is 299 g/mol. The van der Waals surface area contributed by atoms with Crippen LogP contribution in [0.3, 0.4) is 0 Å². The predicted octanol–water partition coefficient (Wildman–Crippen LogP) is 2.82. The van der Waals surface area contributed by atoms with E-state index >= 15 is 0 Å². The van der Waals surface area contributed by atoms with Crippen molar-refractivity contribution < 1.29 is 19.0 Å². The van der Waals surface area contributed by atoms with Crippen molar-refractivity contribution in [2.24, 2.45) is 4.99 Å². The number of cyclic esters (lactones) is 1. The number of carbonyl (C=O) groups excluding carboxylic acids is 1. The second-order valence-electron chi connectivity index (χ2n) is 4.42. The van der Waals surface area contributed by atoms with E-state index in [0.717, 1.165) is 4.88 Å². The summed E-state index contributed by atoms with van der Waals surface area (Å²) in [5.74, 6) is 1.14. The first-order valence-electron chi connectivity index (χ1n) is 6.26. The topological polar surface area (TPSA) is 57.1 Å². The van der Waals surface area contributed by atoms with Crippen LogP contribution >= 0.6 is 11.3 Å². The molecule has 0 saturated heterocycles. The van der Waals surface area contributed by atoms with Gasteiger partial charge in [0, 0.05) is 10.4 Å². The van der Waals surface area contributed by atoms with Gasteiger partial charge >= 0.3 is 5.97 Å². The van der Waals surface area contributed by atoms with Gasteiger partial charge < -0.3 is 14.2 Å². The largest absolute Gasteiger partial charge is 0.454 e. The van der Waals surface area contributed by atoms with Crippen LogP contribution in [-0.2, 0) is 9.53 Å². The molecule has 1 aromatic heterocycles. The molecule has 2 aliphatic rings. The summed E-state index contributed by atoms with van der Waals surface area (Å²) in [6, 6.07) is 9.14. The Kier molecular flexibility index (Phi) is 2.75. The second kappa shape index (κ2) is 4.75. The van der Waals surface area contributed by atoms with Crippen LogP contribution in [0.5, 0.6) is 11.5 Å². The van der Waals surface area contributed by atoms with Crippen molar-refractivity contribution in [1.82, 2.24) is 0 Å². The molecule has 5 nitrogen and oxygen atoms in total. The van der Waals surface area contributed by atoms with E-state index in [1.54, 1.807) is 24.3 Å². The van der Waals surface area contributed by atoms with Crippen LogP contribution in [0.25, 0.3) is 6.08 Å². The molecule has 2 aromatic rings. The highest BCUT2D eigenvalue weighted by atomic mass is 32.1. The molecule has 4 rings (SSSR count). The summed E-state index contributed by atoms with van der Waals surface area (Å²) in [6.07, 6.45) is 1.72. The normalized spacial score (nSPS) is 18.0. The van der Waals surface area contributed by atoms with Crippen molar-refractivity contribution in [1.29, 1.82) is 0 Å². The molecule has 1 aromatic carbocycles. The minimum Gasteiger partial charge on any atom is -0.454 e. The first-order chi connectivity index (χ1) is 10.3. The molecule has 21 heavy (non-hydrogen) atoms. The van der Waals surface area contributed by atoms with Crippen molar-refractivity contribution in [3.05, 3.63) is 51.8 Å². The molecule has 0 aliphatic carbocycles. The zero-order valence-electron chi connectivity index (χ0n) is 10.7. The van der Waals surface area contributed by atoms with E-state index in [2.05, 4.69) is 4.99 Å². The number of hydrogen-bond donors (Lipinski definition) is 0. The summed E-state index contributed by atoms with van der Waals surface area (Å²) in [6.45, 7) is 0.203. The quantitative estimate of drug-likeness (QED) is 0.632. The van der Waals surface area contributed by atoms with Gasteiger partial charge in [0.2, 0.25) is 12.7 Å². The number of carbonyl (C=O) groups is 1. The number of aliphatic imine (C=N–C) groups is 1. The maximum atomic E-state index is 11.9. The summed E-state index contributed by atoms with van der Waals surface area (Å²) in [5, 5.41) is 1.94. The van der Waals surface area contributed by atoms with Gasteiger partial charge in [-0.3, -0.25) is 0 Å². The molecule has 0 unspecified atom stereocenters. The number of ether oxygens (including phenoxy) is 3. The van der Waals surface area contributed by atoms with E-state index in [4.69, 9.17) is 14.2 Å². The minimum atomic E-state index is -0.448. The van der Waals surface area contributed by atoms with Crippen LogP contribution in [0.4, 0.5) is 0 Å². The van der Waals surface area contributed by atoms with Crippen molar-refractivity contribution in [3.63, 3.8) is 0 Å². The molecule has 0 fully saturated rings. The predicted molar refractivity (Wildman–Crippen MR) is 77.5 cm³/mol. The Morgan fingerprint density at radius 1 is 1.19 bits per heavy atom. The molecule has 3 heterocycles. The van der Waals surface area contributed by atoms with Gasteiger partial charge in [0.15, 0.2) is 17.2 Å². The molecule has 0 radical (unpaired) electrons. The standard InChI is InChI=1S/C15H9NO4S/c17-15-11(7-10-2-1-5-21-10)16-14(20-15)9-3-4-12-13(6-9)19-8-18-12/h1-7H,8H2. The molecule has 0 spiro atoms. The highest BCUT2D eigenvalue weighted by Crippen LogP contribution is 2.33. The summed E-state index contributed by atoms with van der Waals surface area (Å²) in [7, 11) is 0. The number of rotatable bonds is 2. The number of fused-ring (bicyclic) bond motifs is 1. The maximum absolute atomic E-state index is 11.9. The Morgan fingerprint density at radius 2 is 2.10 bits per heavy atom. The number of hydrogen-bond acceptors (Lipinski definition) is 6. The average Bonchev–Trinajstić information content (AvgIpc) is 3.20. The van der Waals surface area contributed by atoms with E-state index in [1.807, 2.05) is 17.5 Å². The number of esters is 1. The lowest BCUT2D eigenvalue weighted by atomic mass is 10.2. The molecule has 2 aliphatic heterocycles. The fourth-order valence-corrected chi connectivity index (χ4v) is 2.72. The average molecular weight is 299 g/mol. The molecular formula is C15H9NO4S. The zero-order valence-corrected chi connectivity index (χ0v) is 11.6. The van der Waals surface area contributed by atoms with E-state index in [0.29, 0.717) is 22.8 Å². The van der Waals surface area contributed by atoms with E-state index in [9.17, 15) is 4.79 Å². The first-order valence-corrected chi connectivity index (χ1v) is 7.14. The molecular weight excluding hydrogens is 290 g/mol. The fraction of sp³-hybridized carbons (Fsp3) is 0.0667. The fourth-order valence-electron chi connectivity index (χ4n) is 2.07. The number of benzene rings is 1. The lowest BCUT2D eigenvalue weighted by Crippen LogP contribution is -2.05. The Balaban J connectivity index is 1.68. The number of thiophene rings is 1. The molecule has 104 valence electrons. The third-order valence-electron chi connectivity index (χ3n) is 3.06. The molecule has 0 saturated carbocycles. The Bertz CT molecular complexity index is 777. The van der Waals surface area contributed by atoms with Gasteiger partial charge in [-0.05, 0) is 35.7 Å². The maximum Gasteiger partial charge on any atom is 0.363 e. The van der Waals surface area contributed by atoms with Crippen LogP contribution in [0.2, 0.25) is 0 Å². The zero-order chi connectivity index (χ0) is 14.2. The van der Waals surface area contributed by atoms with Gasteiger partial charge in [-0.2, -0.15) is 0 Å². The molecule has 0 bridgehead atoms. The van der Waals surface area contributed by atoms with Gasteiger partial charge in [-0.25, -0.2) is 9.79 Å². The van der Waals surface area contributed by atoms with E-state index in [-0.39, 0.29) is 12.7 Å². The van der Waals surface area contributed by atoms with Gasteiger partial charge in [-0.15, -0.1) is 11.3 Å². The second-order valence-corrected chi connectivity index (χ2v) is 5.40. The third kappa shape index (κ3) is 2.19. The van der Waals surface area contributed by atoms with Crippen molar-refractivity contribution in [3.8, 4) is 11.5 Å². The Morgan fingerprint density at radius 3 is 2.95 bits per heavy atom. The van der Waals surface area contributed by atoms with Gasteiger partial charge in [0.1, 0.15) is 0 Å². The molecule has 0 N–H and O–H groups in total. The molecule has 0 atom stereocenters. The minimum absolute atomic E-state index is 0.203. The van der Waals surface area contributed by atoms with Crippen LogP contribution in [0.15, 0.2) is 46.4 Å². The van der Waals surface area contributed by atoms with Crippen molar-refractivity contribution in [2.45, 2.75) is 0 Å². The van der Waals surface area contributed by atoms with Crippen molar-refractivity contribution in [2.75, 3.05) is 6.79 Å². The van der Waals surface area contributed by atoms with Crippen LogP contribution in [-0.4, -0.2) is 18.7 Å². The third-order valence-corrected chi connectivity index (χ3v) is 3.88. The smallest absolute Gasteiger partial charge is 0.363 e. The highest BCUT2D eigenvalue weighted by molar-refractivity contribution is 7.10. The summed E-state index contributed by atoms with van der Waals surface area (Å²) in [5.41, 5.74) is 0.979. The van der Waals surface area contributed by atoms with E-state index < -0.39 is 5.97 Å². The Labute approximate surface area is 124 Å². The van der Waals surface area contributed by atoms with Gasteiger partial charge in [0.25, 0.3) is 0 Å². The van der Waals surface area contributed by atoms with Crippen LogP contribution in [0, 0.1) is 0 Å². The lowest BCUT2D eigenvalue weighted by Gasteiger charge is -2.01. The van der Waals surface area contributed by atoms with Gasteiger partial charge in [-0.1, -0.05) is 6.07 Å². The summed E-state index contributed by atoms with van der Waals surface area (Å²) < 4.78 is 15.8. The number of nitrogens with zero attached hydrogens (tertiary/aromatic N) is 1. The van der Waals surface area contributed by atoms with Crippen molar-refractivity contribution >= 4 is 29.3 Å². The van der Waals surface area contributed by atoms with Crippen LogP contribution < -0.4 is 9.47 Å². The van der Waals surface area contributed by atoms with Gasteiger partial charge in [0.05, 0.1) is 0 Å². The highest BCUT2D eigenvalue weighted by Gasteiger charge is 2.25. The lowest BCUT2D eigenvalue weighted by molar-refractivity contribution is -0.129. The van der Waals surface area contributed by atoms with E-state index in [1.165, 1.54) is 11.3 Å². The SMILES string of the molecule is O=C1OC(c2ccc3c(c2)OCO3)=NC1=Cc1cccs1. The Hall–Kier alpha value is -2.60. The molecule has 6 heteroatoms. The summed E-state index contributed by atoms with van der Waals surface area (Å²) >= 11 is 1.54. The first kappa shape index (κ1) is 12.2. The van der Waals surface area contributed by atoms with Crippen LogP contribution in [0.1, 0.15) is 10.4 Å². The summed E-state index contributed by atoms with van der Waals surface area (Å²) in [4.78, 5) is 17.1.